The minimum Gasteiger partial charge on any atom is -0.341 e. The second kappa shape index (κ2) is 7.27. The summed E-state index contributed by atoms with van der Waals surface area (Å²) in [5, 5.41) is 4.00. The van der Waals surface area contributed by atoms with E-state index in [1.165, 1.54) is 10.5 Å². The first-order valence-corrected chi connectivity index (χ1v) is 10.5. The second-order valence-electron chi connectivity index (χ2n) is 6.18. The molecule has 3 heterocycles. The lowest BCUT2D eigenvalue weighted by Gasteiger charge is -2.21. The molecule has 9 heteroatoms. The number of hydrogen-bond acceptors (Lipinski definition) is 5. The van der Waals surface area contributed by atoms with Gasteiger partial charge < -0.3 is 9.47 Å². The van der Waals surface area contributed by atoms with Crippen molar-refractivity contribution in [1.82, 2.24) is 18.8 Å². The molecule has 136 valence electrons. The fourth-order valence-corrected chi connectivity index (χ4v) is 5.01. The molecule has 1 aliphatic heterocycles. The molecular weight excluding hydrogens is 360 g/mol. The summed E-state index contributed by atoms with van der Waals surface area (Å²) in [5.41, 5.74) is 1.01. The minimum atomic E-state index is -3.62. The number of hydrogen-bond donors (Lipinski definition) is 0. The highest BCUT2D eigenvalue weighted by Crippen LogP contribution is 2.18. The van der Waals surface area contributed by atoms with Gasteiger partial charge >= 0.3 is 0 Å². The minimum absolute atomic E-state index is 0.0475. The van der Waals surface area contributed by atoms with E-state index in [9.17, 15) is 13.2 Å². The average molecular weight is 383 g/mol. The molecule has 0 unspecified atom stereocenters. The number of rotatable bonds is 4. The molecule has 1 fully saturated rings. The number of nitrogens with zero attached hydrogens (tertiary/aromatic N) is 4. The Morgan fingerprint density at radius 3 is 2.72 bits per heavy atom. The topological polar surface area (TPSA) is 75.5 Å². The summed E-state index contributed by atoms with van der Waals surface area (Å²) in [6.45, 7) is 3.46. The van der Waals surface area contributed by atoms with Gasteiger partial charge in [-0.25, -0.2) is 13.4 Å². The fourth-order valence-electron chi connectivity index (χ4n) is 2.85. The standard InChI is InChI=1S/C16H22N4O3S2/c1-13-17-15(11-18(13)2)25(22,23)20-6-3-5-19(7-8-20)16(21)10-14-4-9-24-12-14/h4,9,11-12H,3,5-8,10H2,1-2H3. The number of aryl methyl sites for hydroxylation is 2. The maximum atomic E-state index is 12.8. The first kappa shape index (κ1) is 18.1. The van der Waals surface area contributed by atoms with Gasteiger partial charge in [0, 0.05) is 39.4 Å². The van der Waals surface area contributed by atoms with Crippen molar-refractivity contribution in [1.29, 1.82) is 0 Å². The lowest BCUT2D eigenvalue weighted by Crippen LogP contribution is -2.38. The number of amides is 1. The molecular formula is C16H22N4O3S2. The molecule has 2 aromatic heterocycles. The third-order valence-electron chi connectivity index (χ3n) is 4.43. The van der Waals surface area contributed by atoms with Crippen LogP contribution in [-0.4, -0.2) is 59.3 Å². The maximum Gasteiger partial charge on any atom is 0.262 e. The van der Waals surface area contributed by atoms with Gasteiger partial charge in [0.05, 0.1) is 6.42 Å². The van der Waals surface area contributed by atoms with Crippen LogP contribution < -0.4 is 0 Å². The van der Waals surface area contributed by atoms with E-state index in [1.807, 2.05) is 16.8 Å². The van der Waals surface area contributed by atoms with E-state index in [4.69, 9.17) is 0 Å². The predicted octanol–water partition coefficient (Wildman–Crippen LogP) is 1.26. The Morgan fingerprint density at radius 2 is 2.08 bits per heavy atom. The molecule has 0 aromatic carbocycles. The van der Waals surface area contributed by atoms with Crippen molar-refractivity contribution in [2.24, 2.45) is 7.05 Å². The Kier molecular flexibility index (Phi) is 5.26. The van der Waals surface area contributed by atoms with Crippen molar-refractivity contribution in [2.45, 2.75) is 24.8 Å². The number of carbonyl (C=O) groups is 1. The summed E-state index contributed by atoms with van der Waals surface area (Å²) < 4.78 is 28.7. The molecule has 7 nitrogen and oxygen atoms in total. The van der Waals surface area contributed by atoms with Crippen LogP contribution in [0.5, 0.6) is 0 Å². The lowest BCUT2D eigenvalue weighted by molar-refractivity contribution is -0.130. The molecule has 0 saturated carbocycles. The van der Waals surface area contributed by atoms with Crippen LogP contribution in [0, 0.1) is 6.92 Å². The first-order chi connectivity index (χ1) is 11.9. The van der Waals surface area contributed by atoms with E-state index >= 15 is 0 Å². The largest absolute Gasteiger partial charge is 0.341 e. The van der Waals surface area contributed by atoms with Crippen LogP contribution in [0.2, 0.25) is 0 Å². The van der Waals surface area contributed by atoms with Gasteiger partial charge in [0.15, 0.2) is 5.03 Å². The lowest BCUT2D eigenvalue weighted by atomic mass is 10.2. The molecule has 0 atom stereocenters. The summed E-state index contributed by atoms with van der Waals surface area (Å²) in [6.07, 6.45) is 2.53. The summed E-state index contributed by atoms with van der Waals surface area (Å²) in [4.78, 5) is 18.3. The van der Waals surface area contributed by atoms with Crippen LogP contribution in [0.15, 0.2) is 28.0 Å². The molecule has 0 radical (unpaired) electrons. The van der Waals surface area contributed by atoms with E-state index in [0.29, 0.717) is 44.8 Å². The first-order valence-electron chi connectivity index (χ1n) is 8.17. The average Bonchev–Trinajstić information content (AvgIpc) is 3.10. The Morgan fingerprint density at radius 1 is 1.28 bits per heavy atom. The number of aromatic nitrogens is 2. The fraction of sp³-hybridized carbons (Fsp3) is 0.500. The molecule has 2 aromatic rings. The Hall–Kier alpha value is -1.71. The molecule has 0 spiro atoms. The smallest absolute Gasteiger partial charge is 0.262 e. The van der Waals surface area contributed by atoms with Crippen molar-refractivity contribution < 1.29 is 13.2 Å². The second-order valence-corrected chi connectivity index (χ2v) is 8.85. The van der Waals surface area contributed by atoms with Gasteiger partial charge in [-0.2, -0.15) is 15.6 Å². The summed E-state index contributed by atoms with van der Waals surface area (Å²) in [7, 11) is -1.85. The van der Waals surface area contributed by atoms with Crippen LogP contribution in [0.3, 0.4) is 0 Å². The van der Waals surface area contributed by atoms with Crippen molar-refractivity contribution >= 4 is 27.3 Å². The van der Waals surface area contributed by atoms with Gasteiger partial charge in [-0.3, -0.25) is 4.79 Å². The van der Waals surface area contributed by atoms with E-state index < -0.39 is 10.0 Å². The molecule has 1 aliphatic rings. The summed E-state index contributed by atoms with van der Waals surface area (Å²) >= 11 is 1.57. The molecule has 1 saturated heterocycles. The Balaban J connectivity index is 1.67. The Bertz CT molecular complexity index is 823. The van der Waals surface area contributed by atoms with Gasteiger partial charge in [-0.05, 0) is 35.7 Å². The SMILES string of the molecule is Cc1nc(S(=O)(=O)N2CCCN(C(=O)Cc3ccsc3)CC2)cn1C. The van der Waals surface area contributed by atoms with Gasteiger partial charge in [0.25, 0.3) is 10.0 Å². The number of carbonyl (C=O) groups excluding carboxylic acids is 1. The summed E-state index contributed by atoms with van der Waals surface area (Å²) in [6, 6.07) is 1.94. The van der Waals surface area contributed by atoms with E-state index in [0.717, 1.165) is 5.56 Å². The third-order valence-corrected chi connectivity index (χ3v) is 6.94. The van der Waals surface area contributed by atoms with Gasteiger partial charge in [-0.15, -0.1) is 0 Å². The van der Waals surface area contributed by atoms with Crippen LogP contribution >= 0.6 is 11.3 Å². The Labute approximate surface area is 151 Å². The van der Waals surface area contributed by atoms with E-state index in [-0.39, 0.29) is 10.9 Å². The number of imidazole rings is 1. The van der Waals surface area contributed by atoms with Gasteiger partial charge in [-0.1, -0.05) is 0 Å². The molecule has 0 N–H and O–H groups in total. The highest BCUT2D eigenvalue weighted by atomic mass is 32.2. The highest BCUT2D eigenvalue weighted by molar-refractivity contribution is 7.89. The van der Waals surface area contributed by atoms with Crippen LogP contribution in [0.25, 0.3) is 0 Å². The van der Waals surface area contributed by atoms with Crippen molar-refractivity contribution in [3.05, 3.63) is 34.4 Å². The van der Waals surface area contributed by atoms with Gasteiger partial charge in [0.1, 0.15) is 5.82 Å². The maximum absolute atomic E-state index is 12.8. The van der Waals surface area contributed by atoms with Crippen LogP contribution in [0.4, 0.5) is 0 Å². The van der Waals surface area contributed by atoms with Crippen LogP contribution in [0.1, 0.15) is 17.8 Å². The summed E-state index contributed by atoms with van der Waals surface area (Å²) in [5.74, 6) is 0.701. The highest BCUT2D eigenvalue weighted by Gasteiger charge is 2.30. The quantitative estimate of drug-likeness (QED) is 0.798. The normalized spacial score (nSPS) is 16.8. The number of sulfonamides is 1. The van der Waals surface area contributed by atoms with Gasteiger partial charge in [0.2, 0.25) is 5.91 Å². The molecule has 25 heavy (non-hydrogen) atoms. The molecule has 0 aliphatic carbocycles. The monoisotopic (exact) mass is 382 g/mol. The van der Waals surface area contributed by atoms with Crippen molar-refractivity contribution in [3.63, 3.8) is 0 Å². The molecule has 0 bridgehead atoms. The molecule has 1 amide bonds. The zero-order valence-electron chi connectivity index (χ0n) is 14.4. The van der Waals surface area contributed by atoms with Crippen molar-refractivity contribution in [2.75, 3.05) is 26.2 Å². The molecule has 3 rings (SSSR count). The zero-order chi connectivity index (χ0) is 18.0. The van der Waals surface area contributed by atoms with E-state index in [1.54, 1.807) is 34.8 Å². The van der Waals surface area contributed by atoms with Crippen molar-refractivity contribution in [3.8, 4) is 0 Å². The number of thiophene rings is 1. The zero-order valence-corrected chi connectivity index (χ0v) is 16.0. The predicted molar refractivity (Wildman–Crippen MR) is 95.9 cm³/mol. The third kappa shape index (κ3) is 3.94. The van der Waals surface area contributed by atoms with Crippen LogP contribution in [-0.2, 0) is 28.3 Å². The van der Waals surface area contributed by atoms with E-state index in [2.05, 4.69) is 4.98 Å².